The van der Waals surface area contributed by atoms with Crippen LogP contribution in [0.4, 0.5) is 0 Å². The maximum absolute atomic E-state index is 9.01. The van der Waals surface area contributed by atoms with Crippen molar-refractivity contribution in [3.05, 3.63) is 54.1 Å². The Bertz CT molecular complexity index is 792. The SMILES string of the molecule is CC(C)n1c(-c2ccccc2)nc2cc(C#N)ccc21. The molecule has 0 unspecified atom stereocenters. The van der Waals surface area contributed by atoms with Gasteiger partial charge in [-0.1, -0.05) is 30.3 Å². The van der Waals surface area contributed by atoms with Crippen molar-refractivity contribution in [1.82, 2.24) is 9.55 Å². The van der Waals surface area contributed by atoms with Crippen LogP contribution in [-0.2, 0) is 0 Å². The van der Waals surface area contributed by atoms with Crippen molar-refractivity contribution in [1.29, 1.82) is 5.26 Å². The molecule has 2 aromatic carbocycles. The lowest BCUT2D eigenvalue weighted by molar-refractivity contribution is 0.624. The van der Waals surface area contributed by atoms with E-state index in [9.17, 15) is 0 Å². The van der Waals surface area contributed by atoms with Gasteiger partial charge in [0.05, 0.1) is 22.7 Å². The summed E-state index contributed by atoms with van der Waals surface area (Å²) in [4.78, 5) is 4.72. The first kappa shape index (κ1) is 12.4. The first-order valence-electron chi connectivity index (χ1n) is 6.68. The van der Waals surface area contributed by atoms with Gasteiger partial charge in [-0.25, -0.2) is 4.98 Å². The second-order valence-corrected chi connectivity index (χ2v) is 5.08. The summed E-state index contributed by atoms with van der Waals surface area (Å²) in [6.07, 6.45) is 0. The van der Waals surface area contributed by atoms with Gasteiger partial charge >= 0.3 is 0 Å². The highest BCUT2D eigenvalue weighted by molar-refractivity contribution is 5.82. The van der Waals surface area contributed by atoms with E-state index in [2.05, 4.69) is 36.6 Å². The minimum atomic E-state index is 0.308. The van der Waals surface area contributed by atoms with E-state index in [-0.39, 0.29) is 0 Å². The van der Waals surface area contributed by atoms with Gasteiger partial charge in [0.1, 0.15) is 5.82 Å². The van der Waals surface area contributed by atoms with E-state index in [0.717, 1.165) is 22.4 Å². The molecule has 0 bridgehead atoms. The predicted octanol–water partition coefficient (Wildman–Crippen LogP) is 4.16. The highest BCUT2D eigenvalue weighted by Crippen LogP contribution is 2.28. The zero-order chi connectivity index (χ0) is 14.1. The Morgan fingerprint density at radius 2 is 1.85 bits per heavy atom. The lowest BCUT2D eigenvalue weighted by atomic mass is 10.2. The smallest absolute Gasteiger partial charge is 0.141 e. The molecule has 0 amide bonds. The largest absolute Gasteiger partial charge is 0.321 e. The molecule has 0 saturated carbocycles. The Kier molecular flexibility index (Phi) is 3.00. The van der Waals surface area contributed by atoms with Crippen LogP contribution in [0.15, 0.2) is 48.5 Å². The molecule has 3 nitrogen and oxygen atoms in total. The fourth-order valence-corrected chi connectivity index (χ4v) is 2.48. The third-order valence-electron chi connectivity index (χ3n) is 3.37. The molecule has 3 rings (SSSR count). The number of nitrogens with zero attached hydrogens (tertiary/aromatic N) is 3. The molecule has 0 aliphatic carbocycles. The summed E-state index contributed by atoms with van der Waals surface area (Å²) >= 11 is 0. The van der Waals surface area contributed by atoms with Crippen molar-refractivity contribution >= 4 is 11.0 Å². The number of fused-ring (bicyclic) bond motifs is 1. The molecule has 0 N–H and O–H groups in total. The van der Waals surface area contributed by atoms with Crippen LogP contribution in [-0.4, -0.2) is 9.55 Å². The molecule has 3 heteroatoms. The zero-order valence-electron chi connectivity index (χ0n) is 11.5. The monoisotopic (exact) mass is 261 g/mol. The minimum absolute atomic E-state index is 0.308. The number of nitriles is 1. The van der Waals surface area contributed by atoms with Crippen molar-refractivity contribution in [2.75, 3.05) is 0 Å². The van der Waals surface area contributed by atoms with Gasteiger partial charge in [0.2, 0.25) is 0 Å². The fraction of sp³-hybridized carbons (Fsp3) is 0.176. The number of imidazole rings is 1. The molecule has 0 aliphatic rings. The zero-order valence-corrected chi connectivity index (χ0v) is 11.5. The number of hydrogen-bond donors (Lipinski definition) is 0. The van der Waals surface area contributed by atoms with Gasteiger partial charge in [-0.3, -0.25) is 0 Å². The van der Waals surface area contributed by atoms with Crippen LogP contribution in [0.5, 0.6) is 0 Å². The number of benzene rings is 2. The van der Waals surface area contributed by atoms with Gasteiger partial charge in [-0.2, -0.15) is 5.26 Å². The average Bonchev–Trinajstić information content (AvgIpc) is 2.86. The molecule has 0 aliphatic heterocycles. The predicted molar refractivity (Wildman–Crippen MR) is 80.3 cm³/mol. The van der Waals surface area contributed by atoms with E-state index in [0.29, 0.717) is 11.6 Å². The van der Waals surface area contributed by atoms with Crippen molar-refractivity contribution in [2.24, 2.45) is 0 Å². The van der Waals surface area contributed by atoms with Crippen LogP contribution >= 0.6 is 0 Å². The lowest BCUT2D eigenvalue weighted by Gasteiger charge is -2.13. The van der Waals surface area contributed by atoms with Gasteiger partial charge in [0.25, 0.3) is 0 Å². The molecular weight excluding hydrogens is 246 g/mol. The molecule has 0 atom stereocenters. The molecule has 0 fully saturated rings. The molecule has 0 spiro atoms. The second kappa shape index (κ2) is 4.82. The highest BCUT2D eigenvalue weighted by Gasteiger charge is 2.14. The van der Waals surface area contributed by atoms with Gasteiger partial charge in [0, 0.05) is 11.6 Å². The Balaban J connectivity index is 2.32. The third kappa shape index (κ3) is 1.96. The molecular formula is C17H15N3. The molecule has 20 heavy (non-hydrogen) atoms. The van der Waals surface area contributed by atoms with Crippen LogP contribution < -0.4 is 0 Å². The van der Waals surface area contributed by atoms with Crippen LogP contribution in [0.3, 0.4) is 0 Å². The van der Waals surface area contributed by atoms with Crippen molar-refractivity contribution in [3.63, 3.8) is 0 Å². The summed E-state index contributed by atoms with van der Waals surface area (Å²) in [5, 5.41) is 9.01. The summed E-state index contributed by atoms with van der Waals surface area (Å²) in [5.41, 5.74) is 3.68. The molecule has 98 valence electrons. The molecule has 1 heterocycles. The fourth-order valence-electron chi connectivity index (χ4n) is 2.48. The summed E-state index contributed by atoms with van der Waals surface area (Å²) < 4.78 is 2.21. The topological polar surface area (TPSA) is 41.6 Å². The summed E-state index contributed by atoms with van der Waals surface area (Å²) in [6.45, 7) is 4.29. The maximum atomic E-state index is 9.01. The van der Waals surface area contributed by atoms with Crippen molar-refractivity contribution in [3.8, 4) is 17.5 Å². The Hall–Kier alpha value is -2.60. The van der Waals surface area contributed by atoms with Crippen molar-refractivity contribution in [2.45, 2.75) is 19.9 Å². The number of rotatable bonds is 2. The first-order valence-corrected chi connectivity index (χ1v) is 6.68. The highest BCUT2D eigenvalue weighted by atomic mass is 15.1. The van der Waals surface area contributed by atoms with Crippen LogP contribution in [0, 0.1) is 11.3 Å². The summed E-state index contributed by atoms with van der Waals surface area (Å²) in [7, 11) is 0. The lowest BCUT2D eigenvalue weighted by Crippen LogP contribution is -2.02. The van der Waals surface area contributed by atoms with Gasteiger partial charge in [-0.05, 0) is 32.0 Å². The molecule has 3 aromatic rings. The third-order valence-corrected chi connectivity index (χ3v) is 3.37. The van der Waals surface area contributed by atoms with Crippen LogP contribution in [0.1, 0.15) is 25.5 Å². The van der Waals surface area contributed by atoms with Crippen LogP contribution in [0.2, 0.25) is 0 Å². The Morgan fingerprint density at radius 1 is 1.10 bits per heavy atom. The summed E-state index contributed by atoms with van der Waals surface area (Å²) in [5.74, 6) is 0.950. The van der Waals surface area contributed by atoms with E-state index in [1.54, 1.807) is 0 Å². The van der Waals surface area contributed by atoms with E-state index >= 15 is 0 Å². The van der Waals surface area contributed by atoms with Crippen molar-refractivity contribution < 1.29 is 0 Å². The Labute approximate surface area is 118 Å². The van der Waals surface area contributed by atoms with E-state index in [1.807, 2.05) is 36.4 Å². The molecule has 1 aromatic heterocycles. The van der Waals surface area contributed by atoms with Gasteiger partial charge < -0.3 is 4.57 Å². The van der Waals surface area contributed by atoms with Gasteiger partial charge in [-0.15, -0.1) is 0 Å². The second-order valence-electron chi connectivity index (χ2n) is 5.08. The van der Waals surface area contributed by atoms with E-state index < -0.39 is 0 Å². The Morgan fingerprint density at radius 3 is 2.50 bits per heavy atom. The average molecular weight is 261 g/mol. The number of aromatic nitrogens is 2. The standard InChI is InChI=1S/C17H15N3/c1-12(2)20-16-9-8-13(11-18)10-15(16)19-17(20)14-6-4-3-5-7-14/h3-10,12H,1-2H3. The first-order chi connectivity index (χ1) is 9.70. The quantitative estimate of drug-likeness (QED) is 0.695. The normalized spacial score (nSPS) is 10.9. The van der Waals surface area contributed by atoms with Gasteiger partial charge in [0.15, 0.2) is 0 Å². The van der Waals surface area contributed by atoms with E-state index in [1.165, 1.54) is 0 Å². The summed E-state index contributed by atoms with van der Waals surface area (Å²) in [6, 6.07) is 18.3. The minimum Gasteiger partial charge on any atom is -0.321 e. The van der Waals surface area contributed by atoms with Crippen LogP contribution in [0.25, 0.3) is 22.4 Å². The van der Waals surface area contributed by atoms with E-state index in [4.69, 9.17) is 10.2 Å². The number of hydrogen-bond acceptors (Lipinski definition) is 2. The maximum Gasteiger partial charge on any atom is 0.141 e. The molecule has 0 radical (unpaired) electrons. The molecule has 0 saturated heterocycles.